The minimum absolute atomic E-state index is 0.0141. The summed E-state index contributed by atoms with van der Waals surface area (Å²) in [6.07, 6.45) is 33.0. The molecule has 0 radical (unpaired) electrons. The summed E-state index contributed by atoms with van der Waals surface area (Å²) in [7, 11) is 0. The molecule has 0 N–H and O–H groups in total. The molecule has 0 amide bonds. The van der Waals surface area contributed by atoms with Gasteiger partial charge in [0.1, 0.15) is 48.0 Å². The summed E-state index contributed by atoms with van der Waals surface area (Å²) >= 11 is 0. The summed E-state index contributed by atoms with van der Waals surface area (Å²) in [5.74, 6) is 0.704. The van der Waals surface area contributed by atoms with Crippen LogP contribution in [0.25, 0.3) is 0 Å². The lowest BCUT2D eigenvalue weighted by molar-refractivity contribution is -0.203. The van der Waals surface area contributed by atoms with Gasteiger partial charge in [-0.2, -0.15) is 0 Å². The molecule has 5 aromatic rings. The molecule has 0 heterocycles. The molecule has 20 heteroatoms. The Morgan fingerprint density at radius 2 is 0.856 bits per heavy atom. The quantitative estimate of drug-likeness (QED) is 0.0158. The van der Waals surface area contributed by atoms with Crippen LogP contribution in [0.3, 0.4) is 0 Å². The Hall–Kier alpha value is -8.91. The zero-order valence-electron chi connectivity index (χ0n) is 83.7. The predicted molar refractivity (Wildman–Crippen MR) is 517 cm³/mol. The Balaban J connectivity index is 0.000000209. The van der Waals surface area contributed by atoms with Crippen molar-refractivity contribution in [1.82, 2.24) is 0 Å². The molecular weight excluding hydrogens is 1670 g/mol. The Kier molecular flexibility index (Phi) is 42.9. The summed E-state index contributed by atoms with van der Waals surface area (Å²) in [4.78, 5) is 111. The minimum Gasteiger partial charge on any atom is -0.491 e. The molecule has 0 spiro atoms. The van der Waals surface area contributed by atoms with E-state index in [9.17, 15) is 43.2 Å². The molecule has 5 aromatic carbocycles. The molecule has 20 nitrogen and oxygen atoms in total. The van der Waals surface area contributed by atoms with Crippen LogP contribution in [0.4, 0.5) is 0 Å². The maximum atomic E-state index is 13.0. The summed E-state index contributed by atoms with van der Waals surface area (Å²) in [6.45, 7) is 37.9. The van der Waals surface area contributed by atoms with E-state index in [-0.39, 0.29) is 60.3 Å². The number of carbonyl (C=O) groups excluding carboxylic acids is 9. The SMILES string of the molecule is CCC(C)(C)C(=O)OCCOC(=O)C1CCCCC1C(=O)OCC(=O)OC(C)(C)C12CC3CC(CC(C3)C1)C2.CCC(C)c1ccc(C(=O)OC(C)OCCOc2ccc(C3CCCCC3)cc2)cc1.CCC(C)c1ccc(C(=O)OCC(=O)OC(C)(C)C)cc1.CCC(C)c1cccc(C(=O)OC2(C)CCCCC2)c1.CCC(C)c1cccc(C(=O)OC2(CC)CCCCC2)c1. The highest BCUT2D eigenvalue weighted by molar-refractivity contribution is 5.92. The van der Waals surface area contributed by atoms with Crippen molar-refractivity contribution in [2.45, 2.75) is 389 Å². The fourth-order valence-electron chi connectivity index (χ4n) is 19.8. The molecule has 7 atom stereocenters. The van der Waals surface area contributed by atoms with Crippen molar-refractivity contribution >= 4 is 53.7 Å². The second kappa shape index (κ2) is 52.3. The normalized spacial score (nSPS) is 21.2. The maximum absolute atomic E-state index is 13.0. The first-order chi connectivity index (χ1) is 62.8. The van der Waals surface area contributed by atoms with Gasteiger partial charge >= 0.3 is 53.7 Å². The Morgan fingerprint density at radius 1 is 0.417 bits per heavy atom. The van der Waals surface area contributed by atoms with Crippen LogP contribution >= 0.6 is 0 Å². The van der Waals surface area contributed by atoms with Gasteiger partial charge in [0.25, 0.3) is 0 Å². The van der Waals surface area contributed by atoms with E-state index in [1.165, 1.54) is 105 Å². The number of benzene rings is 5. The smallest absolute Gasteiger partial charge is 0.344 e. The second-order valence-corrected chi connectivity index (χ2v) is 41.2. The first-order valence-corrected chi connectivity index (χ1v) is 50.3. The van der Waals surface area contributed by atoms with Gasteiger partial charge in [0.05, 0.1) is 46.1 Å². The number of ether oxygens (including phenoxy) is 11. The van der Waals surface area contributed by atoms with E-state index in [4.69, 9.17) is 52.1 Å². The zero-order chi connectivity index (χ0) is 96.4. The number of esters is 9. The Morgan fingerprint density at radius 3 is 1.34 bits per heavy atom. The molecule has 0 aromatic heterocycles. The average molecular weight is 1830 g/mol. The third kappa shape index (κ3) is 33.6. The Labute approximate surface area is 790 Å². The zero-order valence-corrected chi connectivity index (χ0v) is 83.7. The molecule has 8 fully saturated rings. The first kappa shape index (κ1) is 108. The van der Waals surface area contributed by atoms with Gasteiger partial charge in [0, 0.05) is 5.41 Å². The van der Waals surface area contributed by atoms with E-state index in [1.807, 2.05) is 106 Å². The van der Waals surface area contributed by atoms with Crippen LogP contribution in [0.15, 0.2) is 121 Å². The van der Waals surface area contributed by atoms with Crippen LogP contribution in [-0.4, -0.2) is 122 Å². The summed E-state index contributed by atoms with van der Waals surface area (Å²) in [6, 6.07) is 39.2. The standard InChI is InChI=1S/C31H48O8.C27H36O4.C19H28O2.C18H26O2.C17H24O4/c1-6-29(2,3)28(35)37-12-11-36-26(33)23-9-7-8-10-24(23)27(34)38-19-25(32)39-30(4,5)31-16-20-13-21(17-31)15-22(14-20)18-31;1-4-20(2)22-10-12-25(13-11-22)27(28)31-21(3)29-18-19-30-26-16-14-24(15-17-26)23-8-6-5-7-9-23;1-4-15(3)16-10-9-11-17(14-16)18(20)21-19(5-2)12-7-6-8-13-19;1-4-14(2)15-9-8-10-16(13-15)17(19)20-18(3)11-6-5-7-12-18;1-6-12(2)13-7-9-14(10-8-13)16(19)20-11-15(18)21-17(3,4)5/h20-24H,6-19H2,1-5H3;10-17,20-21,23H,4-9,18-19H2,1-3H3;9-11,14-15H,4-8,12-13H2,1-3H3;8-10,13-14H,4-7,11-12H2,1-3H3;7-10,12H,6,11H2,1-5H3. The number of rotatable bonds is 35. The van der Waals surface area contributed by atoms with Crippen molar-refractivity contribution < 1.29 is 95.3 Å². The van der Waals surface area contributed by atoms with E-state index in [1.54, 1.807) is 53.7 Å². The summed E-state index contributed by atoms with van der Waals surface area (Å²) < 4.78 is 60.5. The number of carbonyl (C=O) groups is 9. The molecule has 8 aliphatic carbocycles. The largest absolute Gasteiger partial charge is 0.491 e. The third-order valence-corrected chi connectivity index (χ3v) is 29.3. The molecule has 0 saturated heterocycles. The van der Waals surface area contributed by atoms with Crippen molar-refractivity contribution in [3.63, 3.8) is 0 Å². The van der Waals surface area contributed by atoms with E-state index in [0.717, 1.165) is 126 Å². The molecule has 730 valence electrons. The minimum atomic E-state index is -0.656. The Bertz CT molecular complexity index is 4380. The van der Waals surface area contributed by atoms with Gasteiger partial charge < -0.3 is 52.1 Å². The van der Waals surface area contributed by atoms with Gasteiger partial charge in [0.15, 0.2) is 13.2 Å². The molecule has 4 bridgehead atoms. The number of hydrogen-bond acceptors (Lipinski definition) is 20. The van der Waals surface area contributed by atoms with Crippen LogP contribution in [0.5, 0.6) is 5.75 Å². The van der Waals surface area contributed by atoms with Crippen LogP contribution in [-0.2, 0) is 71.3 Å². The molecular formula is C112H162O20. The van der Waals surface area contributed by atoms with Gasteiger partial charge in [-0.15, -0.1) is 0 Å². The average Bonchev–Trinajstić information content (AvgIpc) is 0.722. The van der Waals surface area contributed by atoms with Gasteiger partial charge in [0.2, 0.25) is 6.29 Å². The lowest BCUT2D eigenvalue weighted by atomic mass is 9.46. The third-order valence-electron chi connectivity index (χ3n) is 29.3. The van der Waals surface area contributed by atoms with Crippen molar-refractivity contribution in [2.75, 3.05) is 39.6 Å². The van der Waals surface area contributed by atoms with Gasteiger partial charge in [-0.25, -0.2) is 28.8 Å². The molecule has 8 aliphatic rings. The van der Waals surface area contributed by atoms with Crippen molar-refractivity contribution in [1.29, 1.82) is 0 Å². The summed E-state index contributed by atoms with van der Waals surface area (Å²) in [5.41, 5.74) is 6.38. The molecule has 7 unspecified atom stereocenters. The first-order valence-electron chi connectivity index (χ1n) is 50.3. The molecule has 0 aliphatic heterocycles. The monoisotopic (exact) mass is 1830 g/mol. The van der Waals surface area contributed by atoms with E-state index < -0.39 is 71.2 Å². The van der Waals surface area contributed by atoms with Crippen molar-refractivity contribution in [2.24, 2.45) is 40.4 Å². The van der Waals surface area contributed by atoms with E-state index in [0.29, 0.717) is 84.3 Å². The van der Waals surface area contributed by atoms with Gasteiger partial charge in [-0.05, 0) is 352 Å². The van der Waals surface area contributed by atoms with Gasteiger partial charge in [-0.3, -0.25) is 14.4 Å². The highest BCUT2D eigenvalue weighted by Crippen LogP contribution is 2.64. The van der Waals surface area contributed by atoms with Crippen LogP contribution in [0, 0.1) is 40.4 Å². The van der Waals surface area contributed by atoms with Crippen LogP contribution in [0.1, 0.15) is 429 Å². The fraction of sp³-hybridized carbons (Fsp3) is 0.652. The van der Waals surface area contributed by atoms with Crippen molar-refractivity contribution in [3.8, 4) is 5.75 Å². The fourth-order valence-corrected chi connectivity index (χ4v) is 19.8. The maximum Gasteiger partial charge on any atom is 0.344 e. The number of hydrogen-bond donors (Lipinski definition) is 0. The highest BCUT2D eigenvalue weighted by atomic mass is 16.7. The topological polar surface area (TPSA) is 255 Å². The molecule has 132 heavy (non-hydrogen) atoms. The second-order valence-electron chi connectivity index (χ2n) is 41.2. The highest BCUT2D eigenvalue weighted by Gasteiger charge is 2.59. The predicted octanol–water partition coefficient (Wildman–Crippen LogP) is 26.5. The lowest BCUT2D eigenvalue weighted by Crippen LogP contribution is -2.57. The van der Waals surface area contributed by atoms with Crippen LogP contribution in [0.2, 0.25) is 0 Å². The van der Waals surface area contributed by atoms with Crippen LogP contribution < -0.4 is 4.74 Å². The summed E-state index contributed by atoms with van der Waals surface area (Å²) in [5, 5.41) is 0. The molecule has 13 rings (SSSR count). The van der Waals surface area contributed by atoms with E-state index in [2.05, 4.69) is 93.5 Å². The van der Waals surface area contributed by atoms with E-state index >= 15 is 0 Å². The molecule has 8 saturated carbocycles. The van der Waals surface area contributed by atoms with Gasteiger partial charge in [-0.1, -0.05) is 175 Å². The van der Waals surface area contributed by atoms with Crippen molar-refractivity contribution in [3.05, 3.63) is 171 Å². The lowest BCUT2D eigenvalue weighted by Gasteiger charge is -2.61.